The lowest BCUT2D eigenvalue weighted by Crippen LogP contribution is -2.45. The molecule has 2 aliphatic heterocycles. The molecule has 0 aliphatic carbocycles. The molecule has 1 N–H and O–H groups in total. The number of rotatable bonds is 6. The first-order valence-corrected chi connectivity index (χ1v) is 12.6. The number of fused-ring (bicyclic) bond motifs is 1. The van der Waals surface area contributed by atoms with Gasteiger partial charge in [-0.15, -0.1) is 0 Å². The molecule has 1 atom stereocenters. The number of hydrogen-bond acceptors (Lipinski definition) is 7. The van der Waals surface area contributed by atoms with Gasteiger partial charge in [-0.25, -0.2) is 23.7 Å². The van der Waals surface area contributed by atoms with E-state index < -0.39 is 42.7 Å². The van der Waals surface area contributed by atoms with E-state index in [9.17, 15) is 26.7 Å². The number of benzene rings is 1. The molecule has 2 aromatic heterocycles. The van der Waals surface area contributed by atoms with Crippen molar-refractivity contribution < 1.29 is 31.5 Å². The zero-order chi connectivity index (χ0) is 27.6. The number of pyridine rings is 1. The number of nitrogens with zero attached hydrogens (tertiary/aromatic N) is 5. The van der Waals surface area contributed by atoms with Gasteiger partial charge in [0.05, 0.1) is 30.3 Å². The maximum absolute atomic E-state index is 13.8. The molecule has 13 heteroatoms. The minimum Gasteiger partial charge on any atom is -0.378 e. The van der Waals surface area contributed by atoms with E-state index in [1.807, 2.05) is 17.0 Å². The van der Waals surface area contributed by atoms with Gasteiger partial charge in [-0.05, 0) is 12.1 Å². The molecule has 0 radical (unpaired) electrons. The van der Waals surface area contributed by atoms with Crippen molar-refractivity contribution in [2.75, 3.05) is 50.8 Å². The standard InChI is InChI=1S/C26H27F5N6O2/c27-25(28)5-7-36(8-6-25)21(17-14-33-24(34-15-17)26(29,30)31)16-32-23(38)19-13-22(37-9-11-39-12-10-37)35-20-4-2-1-3-18(19)20/h1-4,13-15,21H,5-12,16H2,(H,32,38). The largest absolute Gasteiger partial charge is 0.451 e. The molecule has 0 saturated carbocycles. The molecule has 39 heavy (non-hydrogen) atoms. The van der Waals surface area contributed by atoms with Crippen molar-refractivity contribution in [3.63, 3.8) is 0 Å². The molecular weight excluding hydrogens is 523 g/mol. The van der Waals surface area contributed by atoms with Gasteiger partial charge in [-0.2, -0.15) is 13.2 Å². The number of hydrogen-bond donors (Lipinski definition) is 1. The van der Waals surface area contributed by atoms with Crippen LogP contribution in [-0.2, 0) is 10.9 Å². The Bertz CT molecular complexity index is 1300. The molecular formula is C26H27F5N6O2. The fourth-order valence-corrected chi connectivity index (χ4v) is 4.87. The SMILES string of the molecule is O=C(NCC(c1cnc(C(F)(F)F)nc1)N1CCC(F)(F)CC1)c1cc(N2CCOCC2)nc2ccccc12. The monoisotopic (exact) mass is 550 g/mol. The van der Waals surface area contributed by atoms with Crippen LogP contribution in [0.3, 0.4) is 0 Å². The second kappa shape index (κ2) is 11.0. The number of morpholine rings is 1. The molecule has 5 rings (SSSR count). The number of ether oxygens (including phenoxy) is 1. The minimum atomic E-state index is -4.71. The topological polar surface area (TPSA) is 83.5 Å². The Morgan fingerprint density at radius 2 is 1.72 bits per heavy atom. The lowest BCUT2D eigenvalue weighted by molar-refractivity contribution is -0.145. The molecule has 1 aromatic carbocycles. The minimum absolute atomic E-state index is 0.00786. The van der Waals surface area contributed by atoms with Crippen LogP contribution in [0.4, 0.5) is 27.8 Å². The quantitative estimate of drug-likeness (QED) is 0.463. The summed E-state index contributed by atoms with van der Waals surface area (Å²) in [4.78, 5) is 28.8. The first kappa shape index (κ1) is 27.1. The Morgan fingerprint density at radius 3 is 2.38 bits per heavy atom. The summed E-state index contributed by atoms with van der Waals surface area (Å²) in [5, 5.41) is 3.50. The third-order valence-corrected chi connectivity index (χ3v) is 7.02. The second-order valence-corrected chi connectivity index (χ2v) is 9.60. The summed E-state index contributed by atoms with van der Waals surface area (Å²) in [5.74, 6) is -3.89. The van der Waals surface area contributed by atoms with Gasteiger partial charge in [0.15, 0.2) is 0 Å². The lowest BCUT2D eigenvalue weighted by Gasteiger charge is -2.37. The van der Waals surface area contributed by atoms with Gasteiger partial charge in [0, 0.05) is 68.9 Å². The summed E-state index contributed by atoms with van der Waals surface area (Å²) >= 11 is 0. The highest BCUT2D eigenvalue weighted by Crippen LogP contribution is 2.33. The number of alkyl halides is 5. The van der Waals surface area contributed by atoms with Crippen molar-refractivity contribution in [1.82, 2.24) is 25.2 Å². The maximum atomic E-state index is 13.8. The Morgan fingerprint density at radius 1 is 1.05 bits per heavy atom. The first-order chi connectivity index (χ1) is 18.6. The van der Waals surface area contributed by atoms with Gasteiger partial charge in [-0.1, -0.05) is 18.2 Å². The molecule has 3 aromatic rings. The molecule has 2 saturated heterocycles. The molecule has 1 unspecified atom stereocenters. The third kappa shape index (κ3) is 6.25. The summed E-state index contributed by atoms with van der Waals surface area (Å²) in [5.41, 5.74) is 1.31. The van der Waals surface area contributed by atoms with Gasteiger partial charge in [-0.3, -0.25) is 9.69 Å². The number of nitrogens with one attached hydrogen (secondary N) is 1. The molecule has 0 bridgehead atoms. The number of halogens is 5. The van der Waals surface area contributed by atoms with Gasteiger partial charge in [0.25, 0.3) is 11.8 Å². The van der Waals surface area contributed by atoms with Crippen molar-refractivity contribution in [1.29, 1.82) is 0 Å². The van der Waals surface area contributed by atoms with Crippen LogP contribution in [0.2, 0.25) is 0 Å². The summed E-state index contributed by atoms with van der Waals surface area (Å²) in [7, 11) is 0. The van der Waals surface area contributed by atoms with Crippen LogP contribution in [0.1, 0.15) is 40.6 Å². The molecule has 2 fully saturated rings. The van der Waals surface area contributed by atoms with Crippen molar-refractivity contribution in [2.45, 2.75) is 31.0 Å². The predicted octanol–water partition coefficient (Wildman–Crippen LogP) is 4.08. The highest BCUT2D eigenvalue weighted by molar-refractivity contribution is 6.07. The van der Waals surface area contributed by atoms with Crippen LogP contribution in [0.5, 0.6) is 0 Å². The highest BCUT2D eigenvalue weighted by Gasteiger charge is 2.38. The van der Waals surface area contributed by atoms with Crippen LogP contribution in [0.15, 0.2) is 42.7 Å². The molecule has 8 nitrogen and oxygen atoms in total. The Balaban J connectivity index is 1.40. The molecule has 0 spiro atoms. The number of aromatic nitrogens is 3. The van der Waals surface area contributed by atoms with Crippen LogP contribution >= 0.6 is 0 Å². The summed E-state index contributed by atoms with van der Waals surface area (Å²) in [6.45, 7) is 2.32. The van der Waals surface area contributed by atoms with Gasteiger partial charge < -0.3 is 15.0 Å². The normalized spacial score (nSPS) is 19.2. The molecule has 208 valence electrons. The zero-order valence-corrected chi connectivity index (χ0v) is 20.9. The predicted molar refractivity (Wildman–Crippen MR) is 133 cm³/mol. The molecule has 1 amide bonds. The fraction of sp³-hybridized carbons (Fsp3) is 0.462. The van der Waals surface area contributed by atoms with E-state index in [1.54, 1.807) is 23.1 Å². The van der Waals surface area contributed by atoms with Crippen molar-refractivity contribution >= 4 is 22.6 Å². The number of carbonyl (C=O) groups excluding carboxylic acids is 1. The Hall–Kier alpha value is -3.45. The van der Waals surface area contributed by atoms with E-state index in [-0.39, 0.29) is 19.6 Å². The average molecular weight is 551 g/mol. The average Bonchev–Trinajstić information content (AvgIpc) is 2.93. The zero-order valence-electron chi connectivity index (χ0n) is 20.9. The summed E-state index contributed by atoms with van der Waals surface area (Å²) in [6, 6.07) is 8.23. The second-order valence-electron chi connectivity index (χ2n) is 9.60. The Labute approximate surface area is 221 Å². The summed E-state index contributed by atoms with van der Waals surface area (Å²) < 4.78 is 72.1. The number of para-hydroxylation sites is 1. The number of likely N-dealkylation sites (tertiary alicyclic amines) is 1. The van der Waals surface area contributed by atoms with Crippen LogP contribution in [-0.4, -0.2) is 77.6 Å². The maximum Gasteiger partial charge on any atom is 0.451 e. The number of piperidine rings is 1. The smallest absolute Gasteiger partial charge is 0.378 e. The van der Waals surface area contributed by atoms with E-state index in [4.69, 9.17) is 9.72 Å². The van der Waals surface area contributed by atoms with Gasteiger partial charge in [0.1, 0.15) is 5.82 Å². The summed E-state index contributed by atoms with van der Waals surface area (Å²) in [6.07, 6.45) is -3.42. The van der Waals surface area contributed by atoms with Crippen molar-refractivity contribution in [3.8, 4) is 0 Å². The fourth-order valence-electron chi connectivity index (χ4n) is 4.87. The van der Waals surface area contributed by atoms with E-state index in [1.165, 1.54) is 0 Å². The van der Waals surface area contributed by atoms with Crippen LogP contribution < -0.4 is 10.2 Å². The van der Waals surface area contributed by atoms with Gasteiger partial charge in [0.2, 0.25) is 5.82 Å². The first-order valence-electron chi connectivity index (χ1n) is 12.6. The molecule has 2 aliphatic rings. The van der Waals surface area contributed by atoms with Crippen molar-refractivity contribution in [3.05, 3.63) is 59.7 Å². The van der Waals surface area contributed by atoms with Crippen LogP contribution in [0, 0.1) is 0 Å². The van der Waals surface area contributed by atoms with E-state index >= 15 is 0 Å². The van der Waals surface area contributed by atoms with E-state index in [0.717, 1.165) is 12.4 Å². The third-order valence-electron chi connectivity index (χ3n) is 7.02. The highest BCUT2D eigenvalue weighted by atomic mass is 19.4. The lowest BCUT2D eigenvalue weighted by atomic mass is 10.0. The van der Waals surface area contributed by atoms with E-state index in [0.29, 0.717) is 54.2 Å². The van der Waals surface area contributed by atoms with Crippen molar-refractivity contribution in [2.24, 2.45) is 0 Å². The van der Waals surface area contributed by atoms with Gasteiger partial charge >= 0.3 is 6.18 Å². The molecule has 4 heterocycles. The van der Waals surface area contributed by atoms with Crippen LogP contribution in [0.25, 0.3) is 10.9 Å². The number of carbonyl (C=O) groups is 1. The number of anilines is 1. The number of amides is 1. The Kier molecular flexibility index (Phi) is 7.63. The van der Waals surface area contributed by atoms with E-state index in [2.05, 4.69) is 15.3 Å².